The monoisotopic (exact) mass is 493 g/mol. The smallest absolute Gasteiger partial charge is 0.264 e. The van der Waals surface area contributed by atoms with Gasteiger partial charge >= 0.3 is 0 Å². The van der Waals surface area contributed by atoms with E-state index in [0.29, 0.717) is 31.0 Å². The van der Waals surface area contributed by atoms with Crippen molar-refractivity contribution in [3.05, 3.63) is 89.5 Å². The second kappa shape index (κ2) is 10.5. The summed E-state index contributed by atoms with van der Waals surface area (Å²) < 4.78 is 33.2. The van der Waals surface area contributed by atoms with E-state index in [0.717, 1.165) is 29.9 Å². The van der Waals surface area contributed by atoms with Gasteiger partial charge in [0.1, 0.15) is 0 Å². The quantitative estimate of drug-likeness (QED) is 0.499. The van der Waals surface area contributed by atoms with E-state index in [1.54, 1.807) is 36.2 Å². The fraction of sp³-hybridized carbons (Fsp3) is 0.296. The van der Waals surface area contributed by atoms with Crippen LogP contribution in [0.4, 0.5) is 11.4 Å². The molecule has 3 aromatic carbocycles. The first-order chi connectivity index (χ1) is 16.8. The molecule has 0 spiro atoms. The van der Waals surface area contributed by atoms with E-state index in [2.05, 4.69) is 11.0 Å². The van der Waals surface area contributed by atoms with Crippen LogP contribution in [-0.2, 0) is 21.3 Å². The van der Waals surface area contributed by atoms with Crippen LogP contribution in [0, 0.1) is 6.92 Å². The highest BCUT2D eigenvalue weighted by atomic mass is 32.2. The number of benzene rings is 3. The first-order valence-corrected chi connectivity index (χ1v) is 13.0. The second-order valence-corrected chi connectivity index (χ2v) is 10.7. The molecule has 0 unspecified atom stereocenters. The van der Waals surface area contributed by atoms with Crippen molar-refractivity contribution in [1.82, 2.24) is 4.90 Å². The van der Waals surface area contributed by atoms with Crippen LogP contribution in [0.15, 0.2) is 77.7 Å². The number of carbonyl (C=O) groups excluding carboxylic acids is 1. The normalized spacial score (nSPS) is 14.0. The molecule has 35 heavy (non-hydrogen) atoms. The van der Waals surface area contributed by atoms with Crippen molar-refractivity contribution in [3.63, 3.8) is 0 Å². The molecule has 1 fully saturated rings. The number of aryl methyl sites for hydroxylation is 1. The number of anilines is 2. The molecule has 1 saturated heterocycles. The zero-order valence-corrected chi connectivity index (χ0v) is 21.2. The summed E-state index contributed by atoms with van der Waals surface area (Å²) in [6.07, 6.45) is 0. The highest BCUT2D eigenvalue weighted by Gasteiger charge is 2.24. The topological polar surface area (TPSA) is 70.2 Å². The molecule has 3 aromatic rings. The number of hydrogen-bond acceptors (Lipinski definition) is 5. The van der Waals surface area contributed by atoms with Crippen molar-refractivity contribution in [1.29, 1.82) is 0 Å². The average molecular weight is 494 g/mol. The lowest BCUT2D eigenvalue weighted by Gasteiger charge is -2.31. The maximum Gasteiger partial charge on any atom is 0.264 e. The highest BCUT2D eigenvalue weighted by Crippen LogP contribution is 2.25. The van der Waals surface area contributed by atoms with E-state index >= 15 is 0 Å². The zero-order chi connectivity index (χ0) is 25.0. The number of nitrogens with zero attached hydrogens (tertiary/aromatic N) is 3. The van der Waals surface area contributed by atoms with Crippen LogP contribution in [0.25, 0.3) is 0 Å². The molecule has 0 aromatic heterocycles. The molecule has 0 N–H and O–H groups in total. The molecule has 1 amide bonds. The SMILES string of the molecule is Cc1ccc(N(C)S(=O)(=O)c2cccc(C(=O)N(C)Cc3ccccc3N3CCOCC3)c2)cc1. The van der Waals surface area contributed by atoms with E-state index in [9.17, 15) is 13.2 Å². The first-order valence-electron chi connectivity index (χ1n) is 11.6. The van der Waals surface area contributed by atoms with Crippen molar-refractivity contribution in [2.75, 3.05) is 49.6 Å². The minimum absolute atomic E-state index is 0.0774. The van der Waals surface area contributed by atoms with Gasteiger partial charge in [0.2, 0.25) is 0 Å². The third-order valence-corrected chi connectivity index (χ3v) is 8.02. The Morgan fingerprint density at radius 1 is 0.943 bits per heavy atom. The Balaban J connectivity index is 1.54. The number of hydrogen-bond donors (Lipinski definition) is 0. The minimum atomic E-state index is -3.82. The Morgan fingerprint density at radius 3 is 2.34 bits per heavy atom. The van der Waals surface area contributed by atoms with E-state index in [1.165, 1.54) is 23.5 Å². The van der Waals surface area contributed by atoms with Crippen molar-refractivity contribution < 1.29 is 17.9 Å². The van der Waals surface area contributed by atoms with E-state index in [-0.39, 0.29) is 10.8 Å². The van der Waals surface area contributed by atoms with Crippen molar-refractivity contribution in [3.8, 4) is 0 Å². The molecule has 0 bridgehead atoms. The fourth-order valence-electron chi connectivity index (χ4n) is 4.15. The lowest BCUT2D eigenvalue weighted by atomic mass is 10.1. The van der Waals surface area contributed by atoms with Crippen LogP contribution in [0.2, 0.25) is 0 Å². The molecule has 0 radical (unpaired) electrons. The second-order valence-electron chi connectivity index (χ2n) is 8.73. The molecule has 0 atom stereocenters. The lowest BCUT2D eigenvalue weighted by molar-refractivity contribution is 0.0784. The molecule has 1 heterocycles. The number of para-hydroxylation sites is 1. The predicted molar refractivity (Wildman–Crippen MR) is 138 cm³/mol. The van der Waals surface area contributed by atoms with Crippen LogP contribution in [0.3, 0.4) is 0 Å². The Labute approximate surface area is 207 Å². The van der Waals surface area contributed by atoms with Gasteiger partial charge in [0.25, 0.3) is 15.9 Å². The zero-order valence-electron chi connectivity index (χ0n) is 20.3. The summed E-state index contributed by atoms with van der Waals surface area (Å²) in [4.78, 5) is 17.2. The van der Waals surface area contributed by atoms with Crippen LogP contribution < -0.4 is 9.21 Å². The summed E-state index contributed by atoms with van der Waals surface area (Å²) in [6.45, 7) is 5.34. The van der Waals surface area contributed by atoms with Gasteiger partial charge < -0.3 is 14.5 Å². The van der Waals surface area contributed by atoms with Gasteiger partial charge in [0, 0.05) is 45.0 Å². The molecule has 0 saturated carbocycles. The summed E-state index contributed by atoms with van der Waals surface area (Å²) in [5.41, 5.74) is 4.06. The highest BCUT2D eigenvalue weighted by molar-refractivity contribution is 7.92. The number of rotatable bonds is 7. The molecule has 7 nitrogen and oxygen atoms in total. The van der Waals surface area contributed by atoms with Crippen molar-refractivity contribution >= 4 is 27.3 Å². The number of ether oxygens (including phenoxy) is 1. The summed E-state index contributed by atoms with van der Waals surface area (Å²) in [6, 6.07) is 21.5. The average Bonchev–Trinajstić information content (AvgIpc) is 2.89. The maximum absolute atomic E-state index is 13.3. The number of amides is 1. The predicted octanol–water partition coefficient (Wildman–Crippen LogP) is 3.93. The fourth-order valence-corrected chi connectivity index (χ4v) is 5.39. The standard InChI is InChI=1S/C27H31N3O4S/c1-21-11-13-24(14-12-21)29(3)35(32,33)25-9-6-8-22(19-25)27(31)28(2)20-23-7-4-5-10-26(23)30-15-17-34-18-16-30/h4-14,19H,15-18,20H2,1-3H3. The molecule has 8 heteroatoms. The van der Waals surface area contributed by atoms with Gasteiger partial charge in [-0.3, -0.25) is 9.10 Å². The molecule has 184 valence electrons. The van der Waals surface area contributed by atoms with Crippen molar-refractivity contribution in [2.24, 2.45) is 0 Å². The first kappa shape index (κ1) is 24.8. The van der Waals surface area contributed by atoms with Crippen LogP contribution in [0.1, 0.15) is 21.5 Å². The van der Waals surface area contributed by atoms with E-state index < -0.39 is 10.0 Å². The number of carbonyl (C=O) groups is 1. The van der Waals surface area contributed by atoms with Crippen LogP contribution >= 0.6 is 0 Å². The summed E-state index contributed by atoms with van der Waals surface area (Å²) in [5, 5.41) is 0. The molecule has 0 aliphatic carbocycles. The summed E-state index contributed by atoms with van der Waals surface area (Å²) in [7, 11) is -0.571. The van der Waals surface area contributed by atoms with Gasteiger partial charge in [-0.1, -0.05) is 42.0 Å². The van der Waals surface area contributed by atoms with Gasteiger partial charge in [0.05, 0.1) is 23.8 Å². The van der Waals surface area contributed by atoms with Gasteiger partial charge in [-0.05, 0) is 48.9 Å². The van der Waals surface area contributed by atoms with Crippen molar-refractivity contribution in [2.45, 2.75) is 18.4 Å². The largest absolute Gasteiger partial charge is 0.378 e. The molecule has 1 aliphatic rings. The van der Waals surface area contributed by atoms with Gasteiger partial charge in [-0.2, -0.15) is 0 Å². The van der Waals surface area contributed by atoms with E-state index in [1.807, 2.05) is 37.3 Å². The summed E-state index contributed by atoms with van der Waals surface area (Å²) >= 11 is 0. The number of morpholine rings is 1. The van der Waals surface area contributed by atoms with Gasteiger partial charge in [0.15, 0.2) is 0 Å². The summed E-state index contributed by atoms with van der Waals surface area (Å²) in [5.74, 6) is -0.239. The maximum atomic E-state index is 13.3. The molecular formula is C27H31N3O4S. The van der Waals surface area contributed by atoms with Crippen LogP contribution in [0.5, 0.6) is 0 Å². The van der Waals surface area contributed by atoms with Gasteiger partial charge in [-0.15, -0.1) is 0 Å². The lowest BCUT2D eigenvalue weighted by Crippen LogP contribution is -2.37. The Hall–Kier alpha value is -3.36. The molecule has 1 aliphatic heterocycles. The molecule has 4 rings (SSSR count). The Bertz CT molecular complexity index is 1290. The Morgan fingerprint density at radius 2 is 1.63 bits per heavy atom. The molecular weight excluding hydrogens is 462 g/mol. The third-order valence-electron chi connectivity index (χ3n) is 6.23. The van der Waals surface area contributed by atoms with Crippen LogP contribution in [-0.4, -0.2) is 59.6 Å². The Kier molecular flexibility index (Phi) is 7.42. The minimum Gasteiger partial charge on any atom is -0.378 e. The van der Waals surface area contributed by atoms with Gasteiger partial charge in [-0.25, -0.2) is 8.42 Å². The number of sulfonamides is 1. The third kappa shape index (κ3) is 5.49. The van der Waals surface area contributed by atoms with E-state index in [4.69, 9.17) is 4.74 Å².